The minimum Gasteiger partial charge on any atom is -0.378 e. The average Bonchev–Trinajstić information content (AvgIpc) is 3.50. The lowest BCUT2D eigenvalue weighted by Crippen LogP contribution is -2.31. The standard InChI is InChI=1S/C27H26N2O/c30-27(29-15-3-4-16-29)19-13-14-25-24(17-19)21-10-6-12-23(21)26(28-25)22-11-5-8-18-7-1-2-9-20(18)22/h1-2,5-11,13-14,17,21,23,26,28H,3-4,12,15-16H2. The van der Waals surface area contributed by atoms with E-state index in [1.54, 1.807) is 0 Å². The van der Waals surface area contributed by atoms with Crippen molar-refractivity contribution in [2.75, 3.05) is 18.4 Å². The molecular formula is C27H26N2O. The molecule has 1 saturated heterocycles. The zero-order valence-corrected chi connectivity index (χ0v) is 17.1. The second-order valence-corrected chi connectivity index (χ2v) is 8.85. The first-order chi connectivity index (χ1) is 14.8. The van der Waals surface area contributed by atoms with Crippen LogP contribution in [0.2, 0.25) is 0 Å². The van der Waals surface area contributed by atoms with Crippen LogP contribution in [0.15, 0.2) is 72.8 Å². The van der Waals surface area contributed by atoms with Crippen molar-refractivity contribution in [1.29, 1.82) is 0 Å². The quantitative estimate of drug-likeness (QED) is 0.549. The number of nitrogens with one attached hydrogen (secondary N) is 1. The van der Waals surface area contributed by atoms with E-state index in [9.17, 15) is 4.79 Å². The van der Waals surface area contributed by atoms with Crippen LogP contribution in [0.25, 0.3) is 10.8 Å². The van der Waals surface area contributed by atoms with E-state index < -0.39 is 0 Å². The molecule has 0 bridgehead atoms. The summed E-state index contributed by atoms with van der Waals surface area (Å²) in [5.41, 5.74) is 4.64. The number of allylic oxidation sites excluding steroid dienone is 2. The minimum absolute atomic E-state index is 0.185. The molecule has 0 radical (unpaired) electrons. The second kappa shape index (κ2) is 7.02. The summed E-state index contributed by atoms with van der Waals surface area (Å²) in [5, 5.41) is 6.46. The Morgan fingerprint density at radius 1 is 0.933 bits per heavy atom. The van der Waals surface area contributed by atoms with Crippen molar-refractivity contribution < 1.29 is 4.79 Å². The lowest BCUT2D eigenvalue weighted by atomic mass is 9.76. The molecule has 1 N–H and O–H groups in total. The van der Waals surface area contributed by atoms with Crippen molar-refractivity contribution in [2.24, 2.45) is 5.92 Å². The number of likely N-dealkylation sites (tertiary alicyclic amines) is 1. The molecule has 3 atom stereocenters. The summed E-state index contributed by atoms with van der Waals surface area (Å²) in [4.78, 5) is 14.9. The summed E-state index contributed by atoms with van der Waals surface area (Å²) in [5.74, 6) is 1.02. The van der Waals surface area contributed by atoms with E-state index in [0.717, 1.165) is 37.9 Å². The Morgan fingerprint density at radius 3 is 2.67 bits per heavy atom. The molecule has 3 aliphatic rings. The van der Waals surface area contributed by atoms with Crippen LogP contribution in [-0.2, 0) is 0 Å². The monoisotopic (exact) mass is 394 g/mol. The molecule has 2 aliphatic heterocycles. The lowest BCUT2D eigenvalue weighted by Gasteiger charge is -2.38. The van der Waals surface area contributed by atoms with E-state index in [2.05, 4.69) is 72.1 Å². The van der Waals surface area contributed by atoms with Gasteiger partial charge in [-0.1, -0.05) is 54.6 Å². The SMILES string of the molecule is O=C(c1ccc2c(c1)C1C=CCC1C(c1cccc3ccccc13)N2)N1CCCC1. The molecule has 0 spiro atoms. The molecule has 2 heterocycles. The molecule has 1 aliphatic carbocycles. The number of carbonyl (C=O) groups is 1. The Hall–Kier alpha value is -3.07. The smallest absolute Gasteiger partial charge is 0.253 e. The third-order valence-electron chi connectivity index (χ3n) is 7.16. The van der Waals surface area contributed by atoms with Gasteiger partial charge in [0.15, 0.2) is 0 Å². The molecule has 3 heteroatoms. The molecule has 0 aromatic heterocycles. The van der Waals surface area contributed by atoms with Gasteiger partial charge in [-0.3, -0.25) is 4.79 Å². The van der Waals surface area contributed by atoms with E-state index in [1.807, 2.05) is 11.0 Å². The van der Waals surface area contributed by atoms with Crippen LogP contribution in [0.4, 0.5) is 5.69 Å². The van der Waals surface area contributed by atoms with Crippen LogP contribution < -0.4 is 5.32 Å². The molecule has 150 valence electrons. The Morgan fingerprint density at radius 2 is 1.77 bits per heavy atom. The maximum Gasteiger partial charge on any atom is 0.253 e. The van der Waals surface area contributed by atoms with Gasteiger partial charge in [-0.15, -0.1) is 0 Å². The van der Waals surface area contributed by atoms with E-state index in [1.165, 1.54) is 27.6 Å². The third-order valence-corrected chi connectivity index (χ3v) is 7.16. The van der Waals surface area contributed by atoms with E-state index in [0.29, 0.717) is 11.8 Å². The van der Waals surface area contributed by atoms with Crippen molar-refractivity contribution in [1.82, 2.24) is 4.90 Å². The van der Waals surface area contributed by atoms with Crippen molar-refractivity contribution in [3.63, 3.8) is 0 Å². The number of fused-ring (bicyclic) bond motifs is 4. The zero-order chi connectivity index (χ0) is 20.1. The molecule has 6 rings (SSSR count). The molecule has 3 aromatic rings. The van der Waals surface area contributed by atoms with Crippen LogP contribution in [0, 0.1) is 5.92 Å². The molecule has 3 unspecified atom stereocenters. The predicted molar refractivity (Wildman–Crippen MR) is 122 cm³/mol. The van der Waals surface area contributed by atoms with Gasteiger partial charge in [0.1, 0.15) is 0 Å². The van der Waals surface area contributed by atoms with Gasteiger partial charge in [0.25, 0.3) is 5.91 Å². The lowest BCUT2D eigenvalue weighted by molar-refractivity contribution is 0.0792. The maximum atomic E-state index is 12.9. The van der Waals surface area contributed by atoms with Crippen LogP contribution in [0.1, 0.15) is 52.7 Å². The fourth-order valence-corrected chi connectivity index (χ4v) is 5.66. The van der Waals surface area contributed by atoms with Crippen LogP contribution in [0.3, 0.4) is 0 Å². The average molecular weight is 395 g/mol. The fraction of sp³-hybridized carbons (Fsp3) is 0.296. The highest BCUT2D eigenvalue weighted by Crippen LogP contribution is 2.50. The fourth-order valence-electron chi connectivity index (χ4n) is 5.66. The van der Waals surface area contributed by atoms with E-state index >= 15 is 0 Å². The van der Waals surface area contributed by atoms with Crippen LogP contribution >= 0.6 is 0 Å². The molecular weight excluding hydrogens is 368 g/mol. The first kappa shape index (κ1) is 17.8. The Balaban J connectivity index is 1.40. The number of nitrogens with zero attached hydrogens (tertiary/aromatic N) is 1. The maximum absolute atomic E-state index is 12.9. The summed E-state index contributed by atoms with van der Waals surface area (Å²) < 4.78 is 0. The molecule has 0 saturated carbocycles. The molecule has 1 fully saturated rings. The zero-order valence-electron chi connectivity index (χ0n) is 17.1. The number of amides is 1. The number of benzene rings is 3. The van der Waals surface area contributed by atoms with Crippen molar-refractivity contribution in [2.45, 2.75) is 31.2 Å². The molecule has 1 amide bonds. The number of rotatable bonds is 2. The number of carbonyl (C=O) groups excluding carboxylic acids is 1. The third kappa shape index (κ3) is 2.76. The number of hydrogen-bond acceptors (Lipinski definition) is 2. The van der Waals surface area contributed by atoms with Gasteiger partial charge in [-0.05, 0) is 65.3 Å². The first-order valence-corrected chi connectivity index (χ1v) is 11.1. The largest absolute Gasteiger partial charge is 0.378 e. The van der Waals surface area contributed by atoms with Gasteiger partial charge >= 0.3 is 0 Å². The van der Waals surface area contributed by atoms with Gasteiger partial charge in [-0.2, -0.15) is 0 Å². The normalized spacial score (nSPS) is 24.5. The summed E-state index contributed by atoms with van der Waals surface area (Å²) in [6, 6.07) is 21.8. The highest BCUT2D eigenvalue weighted by atomic mass is 16.2. The Kier molecular flexibility index (Phi) is 4.15. The molecule has 30 heavy (non-hydrogen) atoms. The highest BCUT2D eigenvalue weighted by Gasteiger charge is 2.38. The minimum atomic E-state index is 0.185. The Labute approximate surface area is 177 Å². The topological polar surface area (TPSA) is 32.3 Å². The van der Waals surface area contributed by atoms with E-state index in [4.69, 9.17) is 0 Å². The van der Waals surface area contributed by atoms with Gasteiger partial charge in [0, 0.05) is 30.3 Å². The van der Waals surface area contributed by atoms with Crippen molar-refractivity contribution in [3.05, 3.63) is 89.5 Å². The predicted octanol–water partition coefficient (Wildman–Crippen LogP) is 5.90. The van der Waals surface area contributed by atoms with Crippen LogP contribution in [0.5, 0.6) is 0 Å². The number of anilines is 1. The van der Waals surface area contributed by atoms with Crippen LogP contribution in [-0.4, -0.2) is 23.9 Å². The van der Waals surface area contributed by atoms with Crippen molar-refractivity contribution in [3.8, 4) is 0 Å². The summed E-state index contributed by atoms with van der Waals surface area (Å²) in [7, 11) is 0. The molecule has 3 nitrogen and oxygen atoms in total. The van der Waals surface area contributed by atoms with Gasteiger partial charge in [-0.25, -0.2) is 0 Å². The van der Waals surface area contributed by atoms with Gasteiger partial charge < -0.3 is 10.2 Å². The molecule has 3 aromatic carbocycles. The van der Waals surface area contributed by atoms with Gasteiger partial charge in [0.2, 0.25) is 0 Å². The van der Waals surface area contributed by atoms with E-state index in [-0.39, 0.29) is 11.9 Å². The van der Waals surface area contributed by atoms with Crippen molar-refractivity contribution >= 4 is 22.4 Å². The summed E-state index contributed by atoms with van der Waals surface area (Å²) >= 11 is 0. The summed E-state index contributed by atoms with van der Waals surface area (Å²) in [6.45, 7) is 1.78. The Bertz CT molecular complexity index is 1150. The summed E-state index contributed by atoms with van der Waals surface area (Å²) in [6.07, 6.45) is 7.98. The first-order valence-electron chi connectivity index (χ1n) is 11.1. The highest BCUT2D eigenvalue weighted by molar-refractivity contribution is 5.95. The number of hydrogen-bond donors (Lipinski definition) is 1. The van der Waals surface area contributed by atoms with Gasteiger partial charge in [0.05, 0.1) is 6.04 Å². The second-order valence-electron chi connectivity index (χ2n) is 8.85.